The molecule has 0 saturated carbocycles. The van der Waals surface area contributed by atoms with Gasteiger partial charge in [0.25, 0.3) is 0 Å². The summed E-state index contributed by atoms with van der Waals surface area (Å²) in [6.07, 6.45) is 1.58. The second-order valence-corrected chi connectivity index (χ2v) is 2.19. The molecular formula is C5H12N6O. The van der Waals surface area contributed by atoms with Crippen molar-refractivity contribution in [3.63, 3.8) is 0 Å². The zero-order valence-corrected chi connectivity index (χ0v) is 6.49. The highest BCUT2D eigenvalue weighted by Crippen LogP contribution is 1.91. The SMILES string of the molecule is NC1=NN(N)NC(NCCO)=C1. The summed E-state index contributed by atoms with van der Waals surface area (Å²) in [5, 5.41) is 16.0. The van der Waals surface area contributed by atoms with Crippen molar-refractivity contribution < 1.29 is 5.11 Å². The van der Waals surface area contributed by atoms with E-state index in [2.05, 4.69) is 15.8 Å². The number of hydrazine groups is 2. The Morgan fingerprint density at radius 3 is 3.08 bits per heavy atom. The average molecular weight is 172 g/mol. The normalized spacial score (nSPS) is 16.3. The Labute approximate surface area is 69.6 Å². The molecule has 0 aromatic heterocycles. The first kappa shape index (κ1) is 8.62. The van der Waals surface area contributed by atoms with Crippen molar-refractivity contribution >= 4 is 5.84 Å². The Morgan fingerprint density at radius 2 is 2.50 bits per heavy atom. The second kappa shape index (κ2) is 3.79. The van der Waals surface area contributed by atoms with Crippen LogP contribution >= 0.6 is 0 Å². The van der Waals surface area contributed by atoms with Gasteiger partial charge in [0.2, 0.25) is 0 Å². The molecule has 7 nitrogen and oxygen atoms in total. The van der Waals surface area contributed by atoms with Gasteiger partial charge in [-0.15, -0.1) is 10.3 Å². The number of aliphatic hydroxyl groups is 1. The number of hydrogen-bond donors (Lipinski definition) is 5. The van der Waals surface area contributed by atoms with E-state index in [0.29, 0.717) is 18.2 Å². The largest absolute Gasteiger partial charge is 0.395 e. The minimum Gasteiger partial charge on any atom is -0.395 e. The molecule has 7 N–H and O–H groups in total. The van der Waals surface area contributed by atoms with Crippen LogP contribution in [0.2, 0.25) is 0 Å². The highest BCUT2D eigenvalue weighted by Gasteiger charge is 2.05. The van der Waals surface area contributed by atoms with E-state index >= 15 is 0 Å². The molecular weight excluding hydrogens is 160 g/mol. The summed E-state index contributed by atoms with van der Waals surface area (Å²) in [5.41, 5.74) is 8.06. The van der Waals surface area contributed by atoms with Gasteiger partial charge in [0.15, 0.2) is 5.84 Å². The van der Waals surface area contributed by atoms with E-state index in [0.717, 1.165) is 5.23 Å². The lowest BCUT2D eigenvalue weighted by Crippen LogP contribution is -2.47. The van der Waals surface area contributed by atoms with E-state index in [1.807, 2.05) is 0 Å². The van der Waals surface area contributed by atoms with Crippen LogP contribution in [0.1, 0.15) is 0 Å². The predicted molar refractivity (Wildman–Crippen MR) is 44.0 cm³/mol. The van der Waals surface area contributed by atoms with Crippen LogP contribution in [0, 0.1) is 0 Å². The maximum atomic E-state index is 8.50. The molecule has 0 saturated heterocycles. The van der Waals surface area contributed by atoms with Gasteiger partial charge in [-0.2, -0.15) is 0 Å². The van der Waals surface area contributed by atoms with Gasteiger partial charge in [0.05, 0.1) is 6.61 Å². The maximum Gasteiger partial charge on any atom is 0.150 e. The number of nitrogens with one attached hydrogen (secondary N) is 2. The Bertz CT molecular complexity index is 212. The highest BCUT2D eigenvalue weighted by molar-refractivity contribution is 5.92. The van der Waals surface area contributed by atoms with Crippen LogP contribution in [0.25, 0.3) is 0 Å². The number of amidine groups is 1. The molecule has 68 valence electrons. The van der Waals surface area contributed by atoms with Gasteiger partial charge in [-0.1, -0.05) is 0 Å². The highest BCUT2D eigenvalue weighted by atomic mass is 16.3. The molecule has 12 heavy (non-hydrogen) atoms. The monoisotopic (exact) mass is 172 g/mol. The van der Waals surface area contributed by atoms with Crippen molar-refractivity contribution in [2.24, 2.45) is 16.7 Å². The number of nitrogens with zero attached hydrogens (tertiary/aromatic N) is 2. The fraction of sp³-hybridized carbons (Fsp3) is 0.400. The maximum absolute atomic E-state index is 8.50. The summed E-state index contributed by atoms with van der Waals surface area (Å²) in [7, 11) is 0. The van der Waals surface area contributed by atoms with Gasteiger partial charge in [-0.25, -0.2) is 5.84 Å². The van der Waals surface area contributed by atoms with Gasteiger partial charge in [0.1, 0.15) is 5.82 Å². The van der Waals surface area contributed by atoms with Crippen molar-refractivity contribution in [2.75, 3.05) is 13.2 Å². The second-order valence-electron chi connectivity index (χ2n) is 2.19. The lowest BCUT2D eigenvalue weighted by Gasteiger charge is -2.22. The molecule has 0 fully saturated rings. The van der Waals surface area contributed by atoms with Gasteiger partial charge in [0, 0.05) is 12.6 Å². The van der Waals surface area contributed by atoms with Crippen molar-refractivity contribution in [2.45, 2.75) is 0 Å². The fourth-order valence-electron chi connectivity index (χ4n) is 0.763. The lowest BCUT2D eigenvalue weighted by atomic mass is 10.5. The summed E-state index contributed by atoms with van der Waals surface area (Å²) in [6, 6.07) is 0. The number of rotatable bonds is 3. The van der Waals surface area contributed by atoms with Crippen molar-refractivity contribution in [3.8, 4) is 0 Å². The quantitative estimate of drug-likeness (QED) is 0.298. The molecule has 0 radical (unpaired) electrons. The van der Waals surface area contributed by atoms with Crippen LogP contribution in [0.3, 0.4) is 0 Å². The summed E-state index contributed by atoms with van der Waals surface area (Å²) in [4.78, 5) is 0. The minimum absolute atomic E-state index is 0.0423. The van der Waals surface area contributed by atoms with E-state index in [1.165, 1.54) is 0 Å². The Kier molecular flexibility index (Phi) is 2.72. The standard InChI is InChI=1S/C5H12N6O/c6-4-3-5(8-1-2-12)10-11(7)9-4/h3,8,10,12H,1-2,7H2,(H2,6,9). The van der Waals surface area contributed by atoms with Crippen LogP contribution in [-0.2, 0) is 0 Å². The van der Waals surface area contributed by atoms with Crippen LogP contribution in [-0.4, -0.2) is 29.3 Å². The van der Waals surface area contributed by atoms with Gasteiger partial charge in [-0.05, 0) is 0 Å². The summed E-state index contributed by atoms with van der Waals surface area (Å²) >= 11 is 0. The first-order chi connectivity index (χ1) is 5.72. The molecule has 0 amide bonds. The number of aliphatic hydroxyl groups excluding tert-OH is 1. The van der Waals surface area contributed by atoms with Gasteiger partial charge >= 0.3 is 0 Å². The predicted octanol–water partition coefficient (Wildman–Crippen LogP) is -2.62. The van der Waals surface area contributed by atoms with E-state index in [1.54, 1.807) is 6.08 Å². The molecule has 0 aromatic carbocycles. The Hall–Kier alpha value is -1.47. The Balaban J connectivity index is 2.49. The zero-order chi connectivity index (χ0) is 8.97. The number of hydrogen-bond acceptors (Lipinski definition) is 7. The van der Waals surface area contributed by atoms with Crippen molar-refractivity contribution in [3.05, 3.63) is 11.9 Å². The van der Waals surface area contributed by atoms with Crippen LogP contribution in [0.4, 0.5) is 0 Å². The van der Waals surface area contributed by atoms with E-state index in [-0.39, 0.29) is 6.61 Å². The first-order valence-corrected chi connectivity index (χ1v) is 3.44. The molecule has 7 heteroatoms. The van der Waals surface area contributed by atoms with Crippen LogP contribution in [0.5, 0.6) is 0 Å². The third-order valence-electron chi connectivity index (χ3n) is 1.18. The molecule has 1 aliphatic heterocycles. The summed E-state index contributed by atoms with van der Waals surface area (Å²) in [5.74, 6) is 6.21. The fourth-order valence-corrected chi connectivity index (χ4v) is 0.763. The first-order valence-electron chi connectivity index (χ1n) is 3.44. The Morgan fingerprint density at radius 1 is 1.75 bits per heavy atom. The van der Waals surface area contributed by atoms with Crippen molar-refractivity contribution in [1.82, 2.24) is 16.0 Å². The van der Waals surface area contributed by atoms with Crippen LogP contribution in [0.15, 0.2) is 17.0 Å². The van der Waals surface area contributed by atoms with Crippen LogP contribution < -0.4 is 22.3 Å². The van der Waals surface area contributed by atoms with Gasteiger partial charge in [-0.3, -0.25) is 5.43 Å². The van der Waals surface area contributed by atoms with E-state index in [9.17, 15) is 0 Å². The number of nitrogens with two attached hydrogens (primary N) is 2. The number of hydrazone groups is 1. The lowest BCUT2D eigenvalue weighted by molar-refractivity contribution is 0.213. The van der Waals surface area contributed by atoms with Gasteiger partial charge < -0.3 is 16.2 Å². The molecule has 1 rings (SSSR count). The smallest absolute Gasteiger partial charge is 0.150 e. The molecule has 0 bridgehead atoms. The average Bonchev–Trinajstić information content (AvgIpc) is 1.99. The molecule has 0 unspecified atom stereocenters. The third-order valence-corrected chi connectivity index (χ3v) is 1.18. The zero-order valence-electron chi connectivity index (χ0n) is 6.49. The topological polar surface area (TPSA) is 112 Å². The third kappa shape index (κ3) is 2.29. The molecule has 1 heterocycles. The summed E-state index contributed by atoms with van der Waals surface area (Å²) < 4.78 is 0. The van der Waals surface area contributed by atoms with Crippen molar-refractivity contribution in [1.29, 1.82) is 0 Å². The minimum atomic E-state index is 0.0423. The molecule has 0 aromatic rings. The molecule has 0 spiro atoms. The van der Waals surface area contributed by atoms with E-state index in [4.69, 9.17) is 16.7 Å². The molecule has 0 aliphatic carbocycles. The van der Waals surface area contributed by atoms with E-state index < -0.39 is 0 Å². The summed E-state index contributed by atoms with van der Waals surface area (Å²) in [6.45, 7) is 0.473. The molecule has 0 atom stereocenters. The molecule has 1 aliphatic rings.